The van der Waals surface area contributed by atoms with Crippen molar-refractivity contribution in [1.82, 2.24) is 0 Å². The van der Waals surface area contributed by atoms with Crippen molar-refractivity contribution in [3.8, 4) is 22.6 Å². The number of methoxy groups -OCH3 is 1. The van der Waals surface area contributed by atoms with Crippen molar-refractivity contribution in [2.45, 2.75) is 4.90 Å². The number of ether oxygens (including phenoxy) is 2. The second-order valence-corrected chi connectivity index (χ2v) is 5.27. The van der Waals surface area contributed by atoms with E-state index in [9.17, 15) is 4.79 Å². The van der Waals surface area contributed by atoms with Gasteiger partial charge in [-0.15, -0.1) is 12.6 Å². The third-order valence-corrected chi connectivity index (χ3v) is 3.97. The van der Waals surface area contributed by atoms with Crippen LogP contribution in [0.25, 0.3) is 11.1 Å². The number of thiol groups is 1. The summed E-state index contributed by atoms with van der Waals surface area (Å²) in [6.07, 6.45) is 2.32. The Morgan fingerprint density at radius 1 is 1.32 bits per heavy atom. The van der Waals surface area contributed by atoms with Gasteiger partial charge >= 0.3 is 0 Å². The largest absolute Gasteiger partial charge is 0.496 e. The van der Waals surface area contributed by atoms with Gasteiger partial charge in [-0.25, -0.2) is 0 Å². The van der Waals surface area contributed by atoms with Crippen molar-refractivity contribution in [2.75, 3.05) is 13.7 Å². The number of aldehydes is 1. The van der Waals surface area contributed by atoms with Crippen molar-refractivity contribution in [1.29, 1.82) is 0 Å². The van der Waals surface area contributed by atoms with Crippen LogP contribution in [0.3, 0.4) is 0 Å². The van der Waals surface area contributed by atoms with Gasteiger partial charge in [0.15, 0.2) is 6.29 Å². The molecule has 2 rings (SSSR count). The molecule has 0 amide bonds. The second kappa shape index (κ2) is 7.38. The monoisotopic (exact) mass is 334 g/mol. The van der Waals surface area contributed by atoms with E-state index in [0.29, 0.717) is 38.1 Å². The normalized spacial score (nSPS) is 10.1. The molecule has 22 heavy (non-hydrogen) atoms. The molecule has 3 nitrogen and oxygen atoms in total. The first-order valence-corrected chi connectivity index (χ1v) is 7.34. The second-order valence-electron chi connectivity index (χ2n) is 4.41. The molecule has 0 atom stereocenters. The van der Waals surface area contributed by atoms with Gasteiger partial charge in [0.05, 0.1) is 17.7 Å². The predicted octanol–water partition coefficient (Wildman–Crippen LogP) is 4.68. The van der Waals surface area contributed by atoms with E-state index >= 15 is 0 Å². The fourth-order valence-corrected chi connectivity index (χ4v) is 2.62. The number of hydrogen-bond acceptors (Lipinski definition) is 4. The van der Waals surface area contributed by atoms with Crippen molar-refractivity contribution < 1.29 is 14.3 Å². The topological polar surface area (TPSA) is 35.5 Å². The molecule has 0 fully saturated rings. The van der Waals surface area contributed by atoms with E-state index in [-0.39, 0.29) is 6.61 Å². The fourth-order valence-electron chi connectivity index (χ4n) is 2.13. The standard InChI is InChI=1S/C17H15ClO3S/c1-3-8-21-14-9-15(22)17(18)16(12(14)10-19)11-6-4-5-7-13(11)20-2/h3-7,9-10,22H,1,8H2,2H3. The quantitative estimate of drug-likeness (QED) is 0.473. The lowest BCUT2D eigenvalue weighted by atomic mass is 9.98. The molecule has 0 saturated carbocycles. The lowest BCUT2D eigenvalue weighted by Gasteiger charge is -2.16. The summed E-state index contributed by atoms with van der Waals surface area (Å²) >= 11 is 10.7. The Kier molecular flexibility index (Phi) is 5.52. The molecule has 0 bridgehead atoms. The summed E-state index contributed by atoms with van der Waals surface area (Å²) in [4.78, 5) is 12.1. The van der Waals surface area contributed by atoms with Gasteiger partial charge in [-0.3, -0.25) is 4.79 Å². The highest BCUT2D eigenvalue weighted by atomic mass is 35.5. The molecule has 0 aliphatic rings. The van der Waals surface area contributed by atoms with E-state index < -0.39 is 0 Å². The number of benzene rings is 2. The Hall–Kier alpha value is -1.91. The average Bonchev–Trinajstić information content (AvgIpc) is 2.55. The van der Waals surface area contributed by atoms with Crippen molar-refractivity contribution in [3.63, 3.8) is 0 Å². The number of hydrogen-bond donors (Lipinski definition) is 1. The number of para-hydroxylation sites is 1. The van der Waals surface area contributed by atoms with Gasteiger partial charge in [0, 0.05) is 16.0 Å². The zero-order valence-corrected chi connectivity index (χ0v) is 13.7. The highest BCUT2D eigenvalue weighted by Crippen LogP contribution is 2.43. The van der Waals surface area contributed by atoms with Gasteiger partial charge in [-0.05, 0) is 12.1 Å². The third-order valence-electron chi connectivity index (χ3n) is 3.10. The van der Waals surface area contributed by atoms with E-state index in [1.54, 1.807) is 25.3 Å². The first-order chi connectivity index (χ1) is 10.6. The van der Waals surface area contributed by atoms with Crippen LogP contribution in [0.4, 0.5) is 0 Å². The predicted molar refractivity (Wildman–Crippen MR) is 91.8 cm³/mol. The lowest BCUT2D eigenvalue weighted by molar-refractivity contribution is 0.112. The molecule has 114 valence electrons. The van der Waals surface area contributed by atoms with Crippen LogP contribution < -0.4 is 9.47 Å². The minimum atomic E-state index is 0.279. The minimum Gasteiger partial charge on any atom is -0.496 e. The van der Waals surface area contributed by atoms with E-state index in [4.69, 9.17) is 21.1 Å². The summed E-state index contributed by atoms with van der Waals surface area (Å²) in [5.74, 6) is 1.02. The average molecular weight is 335 g/mol. The lowest BCUT2D eigenvalue weighted by Crippen LogP contribution is -2.01. The first-order valence-electron chi connectivity index (χ1n) is 6.51. The van der Waals surface area contributed by atoms with Crippen molar-refractivity contribution in [2.24, 2.45) is 0 Å². The molecule has 2 aromatic rings. The number of halogens is 1. The summed E-state index contributed by atoms with van der Waals surface area (Å²) in [6.45, 7) is 3.88. The maximum absolute atomic E-state index is 11.6. The fraction of sp³-hybridized carbons (Fsp3) is 0.118. The SMILES string of the molecule is C=CCOc1cc(S)c(Cl)c(-c2ccccc2OC)c1C=O. The van der Waals surface area contributed by atoms with Gasteiger partial charge in [-0.2, -0.15) is 0 Å². The minimum absolute atomic E-state index is 0.279. The maximum atomic E-state index is 11.6. The molecule has 5 heteroatoms. The maximum Gasteiger partial charge on any atom is 0.154 e. The van der Waals surface area contributed by atoms with Crippen LogP contribution in [0.2, 0.25) is 5.02 Å². The van der Waals surface area contributed by atoms with Gasteiger partial charge < -0.3 is 9.47 Å². The van der Waals surface area contributed by atoms with E-state index in [1.165, 1.54) is 0 Å². The molecule has 0 aromatic heterocycles. The van der Waals surface area contributed by atoms with E-state index in [1.807, 2.05) is 18.2 Å². The molecule has 0 unspecified atom stereocenters. The number of rotatable bonds is 6. The molecule has 0 aliphatic heterocycles. The number of carbonyl (C=O) groups is 1. The highest BCUT2D eigenvalue weighted by molar-refractivity contribution is 7.80. The van der Waals surface area contributed by atoms with Gasteiger partial charge in [0.2, 0.25) is 0 Å². The Bertz CT molecular complexity index is 713. The van der Waals surface area contributed by atoms with Crippen LogP contribution in [0.1, 0.15) is 10.4 Å². The summed E-state index contributed by atoms with van der Waals surface area (Å²) < 4.78 is 10.9. The number of carbonyl (C=O) groups excluding carboxylic acids is 1. The zero-order chi connectivity index (χ0) is 16.1. The van der Waals surface area contributed by atoms with Crippen LogP contribution in [0, 0.1) is 0 Å². The molecule has 0 aliphatic carbocycles. The van der Waals surface area contributed by atoms with Gasteiger partial charge in [-0.1, -0.05) is 42.5 Å². The smallest absolute Gasteiger partial charge is 0.154 e. The molecule has 0 spiro atoms. The van der Waals surface area contributed by atoms with Crippen molar-refractivity contribution in [3.05, 3.63) is 53.6 Å². The Labute approximate surface area is 139 Å². The van der Waals surface area contributed by atoms with Crippen LogP contribution in [-0.2, 0) is 0 Å². The molecular weight excluding hydrogens is 320 g/mol. The van der Waals surface area contributed by atoms with Gasteiger partial charge in [0.25, 0.3) is 0 Å². The zero-order valence-electron chi connectivity index (χ0n) is 12.0. The summed E-state index contributed by atoms with van der Waals surface area (Å²) in [7, 11) is 1.56. The Morgan fingerprint density at radius 3 is 2.68 bits per heavy atom. The molecular formula is C17H15ClO3S. The van der Waals surface area contributed by atoms with Crippen LogP contribution in [0.15, 0.2) is 47.9 Å². The molecule has 0 saturated heterocycles. The summed E-state index contributed by atoms with van der Waals surface area (Å²) in [5.41, 5.74) is 1.60. The van der Waals surface area contributed by atoms with Gasteiger partial charge in [0.1, 0.15) is 18.1 Å². The Morgan fingerprint density at radius 2 is 2.05 bits per heavy atom. The summed E-state index contributed by atoms with van der Waals surface area (Å²) in [5, 5.41) is 0.376. The highest BCUT2D eigenvalue weighted by Gasteiger charge is 2.20. The first kappa shape index (κ1) is 16.5. The molecule has 2 aromatic carbocycles. The summed E-state index contributed by atoms with van der Waals surface area (Å²) in [6, 6.07) is 8.94. The molecule has 0 heterocycles. The van der Waals surface area contributed by atoms with Crippen LogP contribution >= 0.6 is 24.2 Å². The van der Waals surface area contributed by atoms with Crippen LogP contribution in [0.5, 0.6) is 11.5 Å². The van der Waals surface area contributed by atoms with Crippen LogP contribution in [-0.4, -0.2) is 20.0 Å². The molecule has 0 radical (unpaired) electrons. The van der Waals surface area contributed by atoms with E-state index in [0.717, 1.165) is 6.29 Å². The van der Waals surface area contributed by atoms with Crippen molar-refractivity contribution >= 4 is 30.5 Å². The Balaban J connectivity index is 2.75. The van der Waals surface area contributed by atoms with E-state index in [2.05, 4.69) is 19.2 Å². The molecule has 0 N–H and O–H groups in total. The third kappa shape index (κ3) is 3.13.